The largest absolute Gasteiger partial charge is 0.496 e. The molecular formula is C13H21NO2. The van der Waals surface area contributed by atoms with Crippen LogP contribution in [0, 0.1) is 5.92 Å². The smallest absolute Gasteiger partial charge is 0.123 e. The van der Waals surface area contributed by atoms with Crippen molar-refractivity contribution >= 4 is 0 Å². The molecule has 2 unspecified atom stereocenters. The number of aliphatic hydroxyl groups is 1. The molecule has 0 aliphatic rings. The molecule has 0 aliphatic carbocycles. The van der Waals surface area contributed by atoms with Gasteiger partial charge < -0.3 is 15.2 Å². The average Bonchev–Trinajstić information content (AvgIpc) is 2.35. The van der Waals surface area contributed by atoms with E-state index < -0.39 is 0 Å². The van der Waals surface area contributed by atoms with Crippen LogP contribution in [-0.4, -0.2) is 24.9 Å². The molecule has 0 aliphatic heterocycles. The van der Waals surface area contributed by atoms with Crippen LogP contribution in [0.5, 0.6) is 5.75 Å². The molecule has 0 amide bonds. The zero-order valence-corrected chi connectivity index (χ0v) is 10.2. The van der Waals surface area contributed by atoms with E-state index in [1.807, 2.05) is 31.2 Å². The summed E-state index contributed by atoms with van der Waals surface area (Å²) in [5, 5.41) is 12.4. The third-order valence-corrected chi connectivity index (χ3v) is 2.95. The van der Waals surface area contributed by atoms with Crippen molar-refractivity contribution in [3.05, 3.63) is 29.8 Å². The second kappa shape index (κ2) is 6.51. The zero-order valence-electron chi connectivity index (χ0n) is 10.2. The van der Waals surface area contributed by atoms with Gasteiger partial charge in [-0.05, 0) is 18.9 Å². The summed E-state index contributed by atoms with van der Waals surface area (Å²) >= 11 is 0. The van der Waals surface area contributed by atoms with Crippen LogP contribution in [0.25, 0.3) is 0 Å². The van der Waals surface area contributed by atoms with Gasteiger partial charge in [0.25, 0.3) is 0 Å². The fraction of sp³-hybridized carbons (Fsp3) is 0.538. The van der Waals surface area contributed by atoms with Crippen molar-refractivity contribution in [3.63, 3.8) is 0 Å². The number of aliphatic hydroxyl groups excluding tert-OH is 1. The van der Waals surface area contributed by atoms with Gasteiger partial charge in [-0.3, -0.25) is 0 Å². The minimum Gasteiger partial charge on any atom is -0.496 e. The standard InChI is InChI=1S/C13H21NO2/c1-10(9-15)11(2)14-8-12-6-4-5-7-13(12)16-3/h4-7,10-11,14-15H,8-9H2,1-3H3. The third kappa shape index (κ3) is 3.51. The molecule has 0 saturated heterocycles. The van der Waals surface area contributed by atoms with Gasteiger partial charge in [-0.25, -0.2) is 0 Å². The fourth-order valence-electron chi connectivity index (χ4n) is 1.48. The molecule has 90 valence electrons. The van der Waals surface area contributed by atoms with Crippen LogP contribution in [0.1, 0.15) is 19.4 Å². The molecule has 0 fully saturated rings. The number of methoxy groups -OCH3 is 1. The Balaban J connectivity index is 2.54. The van der Waals surface area contributed by atoms with Crippen LogP contribution in [0.15, 0.2) is 24.3 Å². The lowest BCUT2D eigenvalue weighted by molar-refractivity contribution is 0.207. The van der Waals surface area contributed by atoms with Crippen LogP contribution in [0.2, 0.25) is 0 Å². The minimum absolute atomic E-state index is 0.208. The quantitative estimate of drug-likeness (QED) is 0.772. The molecule has 2 atom stereocenters. The number of rotatable bonds is 6. The van der Waals surface area contributed by atoms with Crippen molar-refractivity contribution < 1.29 is 9.84 Å². The van der Waals surface area contributed by atoms with E-state index in [0.29, 0.717) is 0 Å². The summed E-state index contributed by atoms with van der Waals surface area (Å²) < 4.78 is 5.28. The number of nitrogens with one attached hydrogen (secondary N) is 1. The van der Waals surface area contributed by atoms with Crippen LogP contribution in [-0.2, 0) is 6.54 Å². The van der Waals surface area contributed by atoms with Crippen molar-refractivity contribution in [1.82, 2.24) is 5.32 Å². The summed E-state index contributed by atoms with van der Waals surface area (Å²) in [6, 6.07) is 8.25. The molecule has 16 heavy (non-hydrogen) atoms. The Morgan fingerprint density at radius 2 is 2.00 bits per heavy atom. The van der Waals surface area contributed by atoms with Crippen molar-refractivity contribution in [3.8, 4) is 5.75 Å². The highest BCUT2D eigenvalue weighted by Crippen LogP contribution is 2.17. The van der Waals surface area contributed by atoms with Gasteiger partial charge in [0.2, 0.25) is 0 Å². The molecule has 0 spiro atoms. The van der Waals surface area contributed by atoms with E-state index in [-0.39, 0.29) is 18.6 Å². The van der Waals surface area contributed by atoms with Crippen molar-refractivity contribution in [2.45, 2.75) is 26.4 Å². The lowest BCUT2D eigenvalue weighted by atomic mass is 10.0. The molecule has 1 aromatic rings. The highest BCUT2D eigenvalue weighted by Gasteiger charge is 2.11. The molecule has 1 aromatic carbocycles. The Labute approximate surface area is 97.4 Å². The number of hydrogen-bond acceptors (Lipinski definition) is 3. The number of para-hydroxylation sites is 1. The van der Waals surface area contributed by atoms with Gasteiger partial charge in [-0.1, -0.05) is 25.1 Å². The van der Waals surface area contributed by atoms with Crippen molar-refractivity contribution in [1.29, 1.82) is 0 Å². The molecule has 2 N–H and O–H groups in total. The highest BCUT2D eigenvalue weighted by atomic mass is 16.5. The SMILES string of the molecule is COc1ccccc1CNC(C)C(C)CO. The predicted octanol–water partition coefficient (Wildman–Crippen LogP) is 1.80. The van der Waals surface area contributed by atoms with E-state index in [2.05, 4.69) is 12.2 Å². The molecule has 0 heterocycles. The van der Waals surface area contributed by atoms with E-state index in [1.165, 1.54) is 0 Å². The first-order chi connectivity index (χ1) is 7.69. The first-order valence-electron chi connectivity index (χ1n) is 5.65. The highest BCUT2D eigenvalue weighted by molar-refractivity contribution is 5.32. The van der Waals surface area contributed by atoms with Crippen LogP contribution in [0.3, 0.4) is 0 Å². The summed E-state index contributed by atoms with van der Waals surface area (Å²) in [7, 11) is 1.68. The Kier molecular flexibility index (Phi) is 5.29. The summed E-state index contributed by atoms with van der Waals surface area (Å²) in [5.41, 5.74) is 1.14. The zero-order chi connectivity index (χ0) is 12.0. The first-order valence-corrected chi connectivity index (χ1v) is 5.65. The lowest BCUT2D eigenvalue weighted by Crippen LogP contribution is -2.33. The first kappa shape index (κ1) is 13.0. The molecule has 0 bridgehead atoms. The van der Waals surface area contributed by atoms with Crippen LogP contribution in [0.4, 0.5) is 0 Å². The molecule has 3 nitrogen and oxygen atoms in total. The monoisotopic (exact) mass is 223 g/mol. The lowest BCUT2D eigenvalue weighted by Gasteiger charge is -2.20. The molecule has 0 saturated carbocycles. The molecule has 3 heteroatoms. The van der Waals surface area contributed by atoms with E-state index in [4.69, 9.17) is 9.84 Å². The minimum atomic E-state index is 0.208. The topological polar surface area (TPSA) is 41.5 Å². The van der Waals surface area contributed by atoms with E-state index in [0.717, 1.165) is 17.9 Å². The van der Waals surface area contributed by atoms with Gasteiger partial charge in [-0.15, -0.1) is 0 Å². The summed E-state index contributed by atoms with van der Waals surface area (Å²) in [6.45, 7) is 5.08. The Morgan fingerprint density at radius 3 is 2.62 bits per heavy atom. The number of benzene rings is 1. The van der Waals surface area contributed by atoms with Crippen LogP contribution < -0.4 is 10.1 Å². The molecule has 1 rings (SSSR count). The Morgan fingerprint density at radius 1 is 1.31 bits per heavy atom. The van der Waals surface area contributed by atoms with Crippen molar-refractivity contribution in [2.24, 2.45) is 5.92 Å². The maximum Gasteiger partial charge on any atom is 0.123 e. The Hall–Kier alpha value is -1.06. The second-order valence-electron chi connectivity index (χ2n) is 4.14. The van der Waals surface area contributed by atoms with Gasteiger partial charge in [0, 0.05) is 24.8 Å². The third-order valence-electron chi connectivity index (χ3n) is 2.95. The summed E-state index contributed by atoms with van der Waals surface area (Å²) in [5.74, 6) is 1.16. The maximum absolute atomic E-state index is 9.04. The van der Waals surface area contributed by atoms with Gasteiger partial charge in [-0.2, -0.15) is 0 Å². The van der Waals surface area contributed by atoms with Gasteiger partial charge in [0.1, 0.15) is 5.75 Å². The van der Waals surface area contributed by atoms with Crippen molar-refractivity contribution in [2.75, 3.05) is 13.7 Å². The number of ether oxygens (including phenoxy) is 1. The van der Waals surface area contributed by atoms with E-state index in [1.54, 1.807) is 7.11 Å². The normalized spacial score (nSPS) is 14.5. The number of hydrogen-bond donors (Lipinski definition) is 2. The van der Waals surface area contributed by atoms with Gasteiger partial charge in [0.05, 0.1) is 7.11 Å². The summed E-state index contributed by atoms with van der Waals surface area (Å²) in [6.07, 6.45) is 0. The fourth-order valence-corrected chi connectivity index (χ4v) is 1.48. The van der Waals surface area contributed by atoms with Gasteiger partial charge in [0.15, 0.2) is 0 Å². The Bertz CT molecular complexity index is 315. The predicted molar refractivity (Wildman–Crippen MR) is 65.5 cm³/mol. The van der Waals surface area contributed by atoms with Gasteiger partial charge >= 0.3 is 0 Å². The van der Waals surface area contributed by atoms with E-state index in [9.17, 15) is 0 Å². The molecule has 0 radical (unpaired) electrons. The summed E-state index contributed by atoms with van der Waals surface area (Å²) in [4.78, 5) is 0. The second-order valence-corrected chi connectivity index (χ2v) is 4.14. The van der Waals surface area contributed by atoms with Crippen LogP contribution >= 0.6 is 0 Å². The molecule has 0 aromatic heterocycles. The molecular weight excluding hydrogens is 202 g/mol. The average molecular weight is 223 g/mol. The van der Waals surface area contributed by atoms with E-state index >= 15 is 0 Å². The maximum atomic E-state index is 9.04.